The lowest BCUT2D eigenvalue weighted by atomic mass is 10.1. The topological polar surface area (TPSA) is 57.0 Å². The summed E-state index contributed by atoms with van der Waals surface area (Å²) >= 11 is 5.93. The van der Waals surface area contributed by atoms with Crippen molar-refractivity contribution in [3.63, 3.8) is 0 Å². The number of aromatic nitrogens is 3. The molecular formula is C14H15ClFN3O2. The molecule has 112 valence electrons. The van der Waals surface area contributed by atoms with Crippen LogP contribution >= 0.6 is 11.6 Å². The number of pyridine rings is 1. The Balaban J connectivity index is 2.08. The van der Waals surface area contributed by atoms with Gasteiger partial charge in [-0.25, -0.2) is 14.8 Å². The van der Waals surface area contributed by atoms with Gasteiger partial charge in [-0.1, -0.05) is 0 Å². The van der Waals surface area contributed by atoms with Gasteiger partial charge in [-0.3, -0.25) is 4.39 Å². The van der Waals surface area contributed by atoms with Crippen LogP contribution < -0.4 is 0 Å². The third kappa shape index (κ3) is 2.48. The van der Waals surface area contributed by atoms with E-state index >= 15 is 0 Å². The van der Waals surface area contributed by atoms with Crippen LogP contribution in [-0.4, -0.2) is 34.3 Å². The number of hydrogen-bond donors (Lipinski definition) is 0. The molecule has 2 aromatic heterocycles. The molecule has 0 spiro atoms. The van der Waals surface area contributed by atoms with Gasteiger partial charge < -0.3 is 9.30 Å². The van der Waals surface area contributed by atoms with E-state index in [1.807, 2.05) is 4.57 Å². The highest BCUT2D eigenvalue weighted by Gasteiger charge is 2.43. The fourth-order valence-electron chi connectivity index (χ4n) is 2.38. The summed E-state index contributed by atoms with van der Waals surface area (Å²) in [7, 11) is 1.30. The molecule has 0 saturated heterocycles. The van der Waals surface area contributed by atoms with E-state index in [1.165, 1.54) is 7.11 Å². The number of esters is 1. The van der Waals surface area contributed by atoms with Crippen molar-refractivity contribution in [2.45, 2.75) is 25.3 Å². The monoisotopic (exact) mass is 311 g/mol. The molecule has 0 unspecified atom stereocenters. The molecule has 21 heavy (non-hydrogen) atoms. The van der Waals surface area contributed by atoms with Gasteiger partial charge in [0.1, 0.15) is 11.3 Å². The third-order valence-electron chi connectivity index (χ3n) is 3.92. The smallest absolute Gasteiger partial charge is 0.356 e. The van der Waals surface area contributed by atoms with Gasteiger partial charge in [-0.15, -0.1) is 11.6 Å². The fraction of sp³-hybridized carbons (Fsp3) is 0.500. The maximum absolute atomic E-state index is 13.2. The van der Waals surface area contributed by atoms with Gasteiger partial charge in [0.15, 0.2) is 11.3 Å². The van der Waals surface area contributed by atoms with Crippen molar-refractivity contribution in [3.8, 4) is 0 Å². The van der Waals surface area contributed by atoms with Crippen molar-refractivity contribution < 1.29 is 13.9 Å². The Morgan fingerprint density at radius 3 is 2.81 bits per heavy atom. The van der Waals surface area contributed by atoms with Crippen molar-refractivity contribution in [2.75, 3.05) is 13.8 Å². The number of carbonyl (C=O) groups is 1. The van der Waals surface area contributed by atoms with Gasteiger partial charge in [0.25, 0.3) is 0 Å². The second kappa shape index (κ2) is 5.26. The lowest BCUT2D eigenvalue weighted by Crippen LogP contribution is -2.16. The van der Waals surface area contributed by atoms with Gasteiger partial charge in [-0.05, 0) is 25.0 Å². The molecule has 7 heteroatoms. The van der Waals surface area contributed by atoms with Crippen LogP contribution in [0, 0.1) is 5.41 Å². The van der Waals surface area contributed by atoms with Crippen LogP contribution in [0.4, 0.5) is 4.39 Å². The van der Waals surface area contributed by atoms with E-state index in [0.717, 1.165) is 12.8 Å². The predicted molar refractivity (Wildman–Crippen MR) is 76.1 cm³/mol. The first-order chi connectivity index (χ1) is 10.1. The van der Waals surface area contributed by atoms with Crippen molar-refractivity contribution in [2.24, 2.45) is 5.41 Å². The highest BCUT2D eigenvalue weighted by Crippen LogP contribution is 2.48. The summed E-state index contributed by atoms with van der Waals surface area (Å²) in [5, 5.41) is 0. The minimum absolute atomic E-state index is 0.206. The zero-order valence-electron chi connectivity index (χ0n) is 11.6. The van der Waals surface area contributed by atoms with E-state index in [4.69, 9.17) is 11.6 Å². The minimum Gasteiger partial charge on any atom is -0.464 e. The molecule has 0 aliphatic heterocycles. The van der Waals surface area contributed by atoms with Crippen LogP contribution in [0.25, 0.3) is 11.2 Å². The molecule has 2 heterocycles. The molecule has 2 aromatic rings. The van der Waals surface area contributed by atoms with Crippen molar-refractivity contribution in [1.82, 2.24) is 14.5 Å². The standard InChI is InChI=1S/C14H15ClFN3O2/c1-21-13(20)10-3-2-9-12(18-10)19(11(6-15)17-9)8-14(7-16)4-5-14/h2-3H,4-8H2,1H3. The summed E-state index contributed by atoms with van der Waals surface area (Å²) in [5.41, 5.74) is 1.08. The summed E-state index contributed by atoms with van der Waals surface area (Å²) < 4.78 is 19.7. The average Bonchev–Trinajstić information content (AvgIpc) is 3.22. The number of hydrogen-bond acceptors (Lipinski definition) is 4. The maximum atomic E-state index is 13.2. The number of methoxy groups -OCH3 is 1. The normalized spacial score (nSPS) is 16.1. The first kappa shape index (κ1) is 14.3. The summed E-state index contributed by atoms with van der Waals surface area (Å²) in [6.07, 6.45) is 1.70. The molecule has 1 fully saturated rings. The number of fused-ring (bicyclic) bond motifs is 1. The molecule has 0 N–H and O–H groups in total. The SMILES string of the molecule is COC(=O)c1ccc2nc(CCl)n(CC3(CF)CC3)c2n1. The van der Waals surface area contributed by atoms with Crippen LogP contribution in [0.5, 0.6) is 0 Å². The van der Waals surface area contributed by atoms with Crippen LogP contribution in [0.3, 0.4) is 0 Å². The molecule has 1 aliphatic carbocycles. The van der Waals surface area contributed by atoms with E-state index in [2.05, 4.69) is 14.7 Å². The van der Waals surface area contributed by atoms with Crippen molar-refractivity contribution in [3.05, 3.63) is 23.7 Å². The molecule has 0 aromatic carbocycles. The van der Waals surface area contributed by atoms with Crippen LogP contribution in [0.15, 0.2) is 12.1 Å². The van der Waals surface area contributed by atoms with Gasteiger partial charge in [0.2, 0.25) is 0 Å². The Labute approximate surface area is 126 Å². The Bertz CT molecular complexity index is 697. The third-order valence-corrected chi connectivity index (χ3v) is 4.16. The number of nitrogens with zero attached hydrogens (tertiary/aromatic N) is 3. The Kier molecular flexibility index (Phi) is 3.57. The van der Waals surface area contributed by atoms with Gasteiger partial charge >= 0.3 is 5.97 Å². The Morgan fingerprint density at radius 1 is 1.48 bits per heavy atom. The molecule has 1 aliphatic rings. The zero-order chi connectivity index (χ0) is 15.0. The maximum Gasteiger partial charge on any atom is 0.356 e. The Hall–Kier alpha value is -1.69. The number of ether oxygens (including phenoxy) is 1. The second-order valence-corrected chi connectivity index (χ2v) is 5.68. The number of halogens is 2. The van der Waals surface area contributed by atoms with Gasteiger partial charge in [0, 0.05) is 12.0 Å². The van der Waals surface area contributed by atoms with E-state index in [1.54, 1.807) is 12.1 Å². The number of rotatable bonds is 5. The molecular weight excluding hydrogens is 297 g/mol. The van der Waals surface area contributed by atoms with Crippen molar-refractivity contribution in [1.29, 1.82) is 0 Å². The molecule has 0 amide bonds. The van der Waals surface area contributed by atoms with Gasteiger partial charge in [0.05, 0.1) is 19.7 Å². The van der Waals surface area contributed by atoms with E-state index in [-0.39, 0.29) is 23.7 Å². The Morgan fingerprint density at radius 2 is 2.24 bits per heavy atom. The minimum atomic E-state index is -0.510. The largest absolute Gasteiger partial charge is 0.464 e. The van der Waals surface area contributed by atoms with Crippen molar-refractivity contribution >= 4 is 28.7 Å². The summed E-state index contributed by atoms with van der Waals surface area (Å²) in [4.78, 5) is 20.3. The first-order valence-corrected chi connectivity index (χ1v) is 7.22. The van der Waals surface area contributed by atoms with E-state index in [0.29, 0.717) is 23.5 Å². The number of imidazole rings is 1. The zero-order valence-corrected chi connectivity index (χ0v) is 12.4. The lowest BCUT2D eigenvalue weighted by Gasteiger charge is -2.14. The summed E-state index contributed by atoms with van der Waals surface area (Å²) in [6, 6.07) is 3.27. The van der Waals surface area contributed by atoms with Crippen LogP contribution in [0.1, 0.15) is 29.2 Å². The number of carbonyl (C=O) groups excluding carboxylic acids is 1. The highest BCUT2D eigenvalue weighted by atomic mass is 35.5. The molecule has 1 saturated carbocycles. The number of alkyl halides is 2. The average molecular weight is 312 g/mol. The summed E-state index contributed by atoms with van der Waals surface area (Å²) in [5.74, 6) is 0.344. The van der Waals surface area contributed by atoms with E-state index in [9.17, 15) is 9.18 Å². The lowest BCUT2D eigenvalue weighted by molar-refractivity contribution is 0.0594. The first-order valence-electron chi connectivity index (χ1n) is 6.69. The molecule has 0 bridgehead atoms. The van der Waals surface area contributed by atoms with Gasteiger partial charge in [-0.2, -0.15) is 0 Å². The second-order valence-electron chi connectivity index (χ2n) is 5.41. The van der Waals surface area contributed by atoms with Crippen LogP contribution in [-0.2, 0) is 17.2 Å². The van der Waals surface area contributed by atoms with E-state index < -0.39 is 5.97 Å². The molecule has 3 rings (SSSR count). The highest BCUT2D eigenvalue weighted by molar-refractivity contribution is 6.16. The fourth-order valence-corrected chi connectivity index (χ4v) is 2.59. The van der Waals surface area contributed by atoms with Crippen LogP contribution in [0.2, 0.25) is 0 Å². The quantitative estimate of drug-likeness (QED) is 0.629. The summed E-state index contributed by atoms with van der Waals surface area (Å²) in [6.45, 7) is 0.116. The molecule has 5 nitrogen and oxygen atoms in total. The predicted octanol–water partition coefficient (Wildman–Crippen LogP) is 2.71. The molecule has 0 radical (unpaired) electrons. The molecule has 0 atom stereocenters.